The average Bonchev–Trinajstić information content (AvgIpc) is 3.10. The molecule has 2 N–H and O–H groups in total. The van der Waals surface area contributed by atoms with Crippen molar-refractivity contribution in [3.63, 3.8) is 0 Å². The number of hydrogen-bond donors (Lipinski definition) is 2. The summed E-state index contributed by atoms with van der Waals surface area (Å²) in [6, 6.07) is 12.9. The molecule has 4 rings (SSSR count). The van der Waals surface area contributed by atoms with E-state index in [1.165, 1.54) is 12.1 Å². The van der Waals surface area contributed by atoms with Crippen molar-refractivity contribution in [3.8, 4) is 0 Å². The minimum atomic E-state index is -1.07. The largest absolute Gasteiger partial charge is 0.331 e. The van der Waals surface area contributed by atoms with Gasteiger partial charge in [-0.05, 0) is 37.0 Å². The number of benzene rings is 2. The van der Waals surface area contributed by atoms with Crippen LogP contribution in [-0.4, -0.2) is 15.8 Å². The van der Waals surface area contributed by atoms with Crippen molar-refractivity contribution in [2.24, 2.45) is 0 Å². The maximum absolute atomic E-state index is 13.8. The maximum atomic E-state index is 13.8. The van der Waals surface area contributed by atoms with Crippen LogP contribution in [0.1, 0.15) is 35.7 Å². The molecule has 0 fully saturated rings. The number of rotatable bonds is 4. The molecule has 0 saturated heterocycles. The summed E-state index contributed by atoms with van der Waals surface area (Å²) in [6.07, 6.45) is 4.35. The Balaban J connectivity index is 1.47. The van der Waals surface area contributed by atoms with Crippen molar-refractivity contribution in [1.82, 2.24) is 15.1 Å². The Morgan fingerprint density at radius 2 is 1.96 bits per heavy atom. The molecule has 5 nitrogen and oxygen atoms in total. The summed E-state index contributed by atoms with van der Waals surface area (Å²) in [4.78, 5) is 12.3. The number of anilines is 1. The fourth-order valence-corrected chi connectivity index (χ4v) is 3.58. The molecule has 28 heavy (non-hydrogen) atoms. The highest BCUT2D eigenvalue weighted by atomic mass is 19.2. The fraction of sp³-hybridized carbons (Fsp3) is 0.238. The molecule has 1 aliphatic carbocycles. The molecule has 2 aromatic carbocycles. The van der Waals surface area contributed by atoms with Crippen molar-refractivity contribution >= 4 is 11.7 Å². The number of carbonyl (C=O) groups is 1. The number of halogens is 2. The molecular formula is C21H20F2N4O. The molecule has 1 aromatic heterocycles. The molecule has 0 spiro atoms. The lowest BCUT2D eigenvalue weighted by Crippen LogP contribution is -2.34. The molecule has 3 aromatic rings. The third-order valence-electron chi connectivity index (χ3n) is 4.94. The zero-order valence-electron chi connectivity index (χ0n) is 15.2. The zero-order chi connectivity index (χ0) is 19.5. The number of nitrogens with zero attached hydrogens (tertiary/aromatic N) is 2. The summed E-state index contributed by atoms with van der Waals surface area (Å²) in [5.41, 5.74) is 3.03. The molecule has 7 heteroatoms. The van der Waals surface area contributed by atoms with Gasteiger partial charge in [0.2, 0.25) is 0 Å². The molecule has 0 unspecified atom stereocenters. The van der Waals surface area contributed by atoms with E-state index in [-0.39, 0.29) is 11.7 Å². The first-order valence-electron chi connectivity index (χ1n) is 9.22. The van der Waals surface area contributed by atoms with Gasteiger partial charge in [-0.3, -0.25) is 4.68 Å². The number of hydrogen-bond acceptors (Lipinski definition) is 2. The van der Waals surface area contributed by atoms with Gasteiger partial charge in [0.05, 0.1) is 24.5 Å². The van der Waals surface area contributed by atoms with E-state index >= 15 is 0 Å². The van der Waals surface area contributed by atoms with E-state index in [9.17, 15) is 13.6 Å². The van der Waals surface area contributed by atoms with Crippen molar-refractivity contribution in [1.29, 1.82) is 0 Å². The van der Waals surface area contributed by atoms with Crippen molar-refractivity contribution in [2.75, 3.05) is 5.32 Å². The predicted octanol–water partition coefficient (Wildman–Crippen LogP) is 4.41. The molecule has 1 atom stereocenters. The third-order valence-corrected chi connectivity index (χ3v) is 4.94. The van der Waals surface area contributed by atoms with Crippen LogP contribution in [-0.2, 0) is 13.0 Å². The highest BCUT2D eigenvalue weighted by molar-refractivity contribution is 5.89. The number of carbonyl (C=O) groups excluding carboxylic acids is 1. The van der Waals surface area contributed by atoms with Crippen molar-refractivity contribution < 1.29 is 13.6 Å². The lowest BCUT2D eigenvalue weighted by Gasteiger charge is -2.24. The molecule has 0 aliphatic heterocycles. The lowest BCUT2D eigenvalue weighted by molar-refractivity contribution is 0.247. The van der Waals surface area contributed by atoms with Crippen LogP contribution in [0.15, 0.2) is 54.7 Å². The Morgan fingerprint density at radius 3 is 2.79 bits per heavy atom. The van der Waals surface area contributed by atoms with Crippen LogP contribution in [0.3, 0.4) is 0 Å². The van der Waals surface area contributed by atoms with E-state index in [1.54, 1.807) is 6.20 Å². The van der Waals surface area contributed by atoms with Gasteiger partial charge in [0.1, 0.15) is 0 Å². The third kappa shape index (κ3) is 3.74. The van der Waals surface area contributed by atoms with Gasteiger partial charge in [0.15, 0.2) is 11.6 Å². The molecule has 0 bridgehead atoms. The molecule has 2 amide bonds. The Labute approximate surface area is 161 Å². The topological polar surface area (TPSA) is 59.0 Å². The number of aromatic nitrogens is 2. The Hall–Kier alpha value is -3.22. The number of nitrogens with one attached hydrogen (secondary N) is 2. The summed E-state index contributed by atoms with van der Waals surface area (Å²) in [6.45, 7) is 0.670. The second-order valence-electron chi connectivity index (χ2n) is 6.83. The van der Waals surface area contributed by atoms with Crippen LogP contribution in [0.4, 0.5) is 19.3 Å². The Bertz CT molecular complexity index is 987. The van der Waals surface area contributed by atoms with Gasteiger partial charge in [-0.1, -0.05) is 36.4 Å². The smallest absolute Gasteiger partial charge is 0.319 e. The van der Waals surface area contributed by atoms with Gasteiger partial charge in [-0.2, -0.15) is 5.10 Å². The highest BCUT2D eigenvalue weighted by Gasteiger charge is 2.26. The molecule has 0 radical (unpaired) electrons. The van der Waals surface area contributed by atoms with E-state index in [4.69, 9.17) is 0 Å². The summed E-state index contributed by atoms with van der Waals surface area (Å²) in [7, 11) is 0. The minimum Gasteiger partial charge on any atom is -0.331 e. The van der Waals surface area contributed by atoms with Crippen molar-refractivity contribution in [2.45, 2.75) is 31.8 Å². The first kappa shape index (κ1) is 18.2. The van der Waals surface area contributed by atoms with Gasteiger partial charge >= 0.3 is 6.03 Å². The molecule has 1 aliphatic rings. The van der Waals surface area contributed by atoms with Crippen LogP contribution in [0, 0.1) is 11.6 Å². The molecular weight excluding hydrogens is 362 g/mol. The van der Waals surface area contributed by atoms with Gasteiger partial charge in [0.25, 0.3) is 0 Å². The fourth-order valence-electron chi connectivity index (χ4n) is 3.58. The molecule has 1 heterocycles. The molecule has 0 saturated carbocycles. The normalized spacial score (nSPS) is 15.7. The SMILES string of the molecule is O=C(Nc1cccc(F)c1F)N[C@H]1CCCc2c1cnn2Cc1ccccc1. The number of amides is 2. The first-order valence-corrected chi connectivity index (χ1v) is 9.22. The average molecular weight is 382 g/mol. The Kier molecular flexibility index (Phi) is 5.06. The van der Waals surface area contributed by atoms with Gasteiger partial charge in [-0.15, -0.1) is 0 Å². The van der Waals surface area contributed by atoms with E-state index in [0.717, 1.165) is 42.1 Å². The van der Waals surface area contributed by atoms with E-state index < -0.39 is 17.7 Å². The molecule has 144 valence electrons. The summed E-state index contributed by atoms with van der Waals surface area (Å²) in [5.74, 6) is -2.07. The second kappa shape index (κ2) is 7.80. The summed E-state index contributed by atoms with van der Waals surface area (Å²) < 4.78 is 29.0. The summed E-state index contributed by atoms with van der Waals surface area (Å²) in [5, 5.41) is 9.73. The van der Waals surface area contributed by atoms with Crippen LogP contribution in [0.25, 0.3) is 0 Å². The van der Waals surface area contributed by atoms with Gasteiger partial charge < -0.3 is 10.6 Å². The highest BCUT2D eigenvalue weighted by Crippen LogP contribution is 2.30. The monoisotopic (exact) mass is 382 g/mol. The van der Waals surface area contributed by atoms with E-state index in [0.29, 0.717) is 6.54 Å². The van der Waals surface area contributed by atoms with Crippen LogP contribution in [0.5, 0.6) is 0 Å². The van der Waals surface area contributed by atoms with Gasteiger partial charge in [0, 0.05) is 11.3 Å². The lowest BCUT2D eigenvalue weighted by atomic mass is 9.93. The van der Waals surface area contributed by atoms with Gasteiger partial charge in [-0.25, -0.2) is 13.6 Å². The van der Waals surface area contributed by atoms with Crippen LogP contribution < -0.4 is 10.6 Å². The zero-order valence-corrected chi connectivity index (χ0v) is 15.2. The minimum absolute atomic E-state index is 0.187. The number of fused-ring (bicyclic) bond motifs is 1. The summed E-state index contributed by atoms with van der Waals surface area (Å²) >= 11 is 0. The quantitative estimate of drug-likeness (QED) is 0.702. The standard InChI is InChI=1S/C21H20F2N4O/c22-16-8-4-10-18(20(16)23)26-21(28)25-17-9-5-11-19-15(17)12-24-27(19)13-14-6-2-1-3-7-14/h1-4,6-8,10,12,17H,5,9,11,13H2,(H2,25,26,28)/t17-/m0/s1. The van der Waals surface area contributed by atoms with Crippen molar-refractivity contribution in [3.05, 3.63) is 83.2 Å². The second-order valence-corrected chi connectivity index (χ2v) is 6.83. The number of urea groups is 1. The van der Waals surface area contributed by atoms with E-state index in [2.05, 4.69) is 15.7 Å². The maximum Gasteiger partial charge on any atom is 0.319 e. The van der Waals surface area contributed by atoms with E-state index in [1.807, 2.05) is 35.0 Å². The first-order chi connectivity index (χ1) is 13.6. The predicted molar refractivity (Wildman–Crippen MR) is 102 cm³/mol. The van der Waals surface area contributed by atoms with Crippen LogP contribution >= 0.6 is 0 Å². The van der Waals surface area contributed by atoms with Crippen LogP contribution in [0.2, 0.25) is 0 Å². The Morgan fingerprint density at radius 1 is 1.14 bits per heavy atom.